The normalized spacial score (nSPS) is 19.1. The van der Waals surface area contributed by atoms with E-state index in [2.05, 4.69) is 10.3 Å². The minimum absolute atomic E-state index is 0.0252. The molecule has 1 aromatic heterocycles. The highest BCUT2D eigenvalue weighted by Crippen LogP contribution is 2.40. The van der Waals surface area contributed by atoms with Gasteiger partial charge in [-0.25, -0.2) is 4.98 Å². The van der Waals surface area contributed by atoms with Crippen molar-refractivity contribution < 1.29 is 27.9 Å². The first-order valence-corrected chi connectivity index (χ1v) is 9.44. The zero-order valence-electron chi connectivity index (χ0n) is 16.6. The van der Waals surface area contributed by atoms with Gasteiger partial charge in [0.15, 0.2) is 0 Å². The van der Waals surface area contributed by atoms with Crippen LogP contribution in [-0.4, -0.2) is 45.7 Å². The van der Waals surface area contributed by atoms with Crippen molar-refractivity contribution in [2.45, 2.75) is 31.5 Å². The topological polar surface area (TPSA) is 87.5 Å². The van der Waals surface area contributed by atoms with E-state index in [9.17, 15) is 27.9 Å². The Bertz CT molecular complexity index is 926. The molecule has 2 heterocycles. The van der Waals surface area contributed by atoms with Gasteiger partial charge in [-0.05, 0) is 19.1 Å². The molecule has 0 radical (unpaired) electrons. The van der Waals surface area contributed by atoms with Gasteiger partial charge in [0.25, 0.3) is 0 Å². The predicted molar refractivity (Wildman–Crippen MR) is 102 cm³/mol. The van der Waals surface area contributed by atoms with E-state index >= 15 is 0 Å². The molecule has 0 saturated carbocycles. The summed E-state index contributed by atoms with van der Waals surface area (Å²) in [6.07, 6.45) is -3.33. The van der Waals surface area contributed by atoms with Crippen LogP contribution in [0, 0.1) is 12.8 Å². The van der Waals surface area contributed by atoms with Gasteiger partial charge in [0.2, 0.25) is 17.4 Å². The molecule has 3 rings (SSSR count). The highest BCUT2D eigenvalue weighted by Gasteiger charge is 2.57. The Morgan fingerprint density at radius 3 is 2.53 bits per heavy atom. The minimum Gasteiger partial charge on any atom is -0.374 e. The molecule has 30 heavy (non-hydrogen) atoms. The fourth-order valence-corrected chi connectivity index (χ4v) is 3.51. The number of nitrogens with one attached hydrogen (secondary N) is 1. The monoisotopic (exact) mass is 424 g/mol. The maximum atomic E-state index is 13.5. The Hall–Kier alpha value is -2.88. The zero-order chi connectivity index (χ0) is 22.1. The number of imidazole rings is 1. The standard InChI is InChI=1S/C20H23F3N4O3/c1-13-3-5-15(6-4-13)27-12-14(11-16(27)28)17(29)24-8-7-19(30,20(21,22)23)18-25-9-10-26(18)2/h3-6,9-10,14,30H,7-8,11-12H2,1-2H3,(H,24,29). The molecule has 10 heteroatoms. The quantitative estimate of drug-likeness (QED) is 0.743. The second-order valence-corrected chi connectivity index (χ2v) is 7.50. The van der Waals surface area contributed by atoms with E-state index in [0.717, 1.165) is 16.3 Å². The fourth-order valence-electron chi connectivity index (χ4n) is 3.51. The van der Waals surface area contributed by atoms with Crippen LogP contribution in [0.5, 0.6) is 0 Å². The molecule has 1 aliphatic heterocycles. The van der Waals surface area contributed by atoms with Crippen molar-refractivity contribution in [3.63, 3.8) is 0 Å². The number of hydrogen-bond acceptors (Lipinski definition) is 4. The number of carbonyl (C=O) groups is 2. The second-order valence-electron chi connectivity index (χ2n) is 7.50. The summed E-state index contributed by atoms with van der Waals surface area (Å²) in [5.41, 5.74) is -1.50. The van der Waals surface area contributed by atoms with Crippen molar-refractivity contribution in [3.8, 4) is 0 Å². The average molecular weight is 424 g/mol. The smallest absolute Gasteiger partial charge is 0.374 e. The third-order valence-electron chi connectivity index (χ3n) is 5.29. The van der Waals surface area contributed by atoms with Crippen LogP contribution in [0.2, 0.25) is 0 Å². The average Bonchev–Trinajstić information content (AvgIpc) is 3.27. The lowest BCUT2D eigenvalue weighted by molar-refractivity contribution is -0.272. The third-order valence-corrected chi connectivity index (χ3v) is 5.29. The second kappa shape index (κ2) is 8.10. The Morgan fingerprint density at radius 1 is 1.30 bits per heavy atom. The molecule has 1 fully saturated rings. The number of halogens is 3. The number of aliphatic hydroxyl groups is 1. The van der Waals surface area contributed by atoms with Crippen molar-refractivity contribution in [2.24, 2.45) is 13.0 Å². The number of nitrogens with zero attached hydrogens (tertiary/aromatic N) is 3. The molecule has 2 atom stereocenters. The maximum absolute atomic E-state index is 13.5. The molecule has 1 aliphatic rings. The highest BCUT2D eigenvalue weighted by atomic mass is 19.4. The van der Waals surface area contributed by atoms with E-state index in [-0.39, 0.29) is 18.9 Å². The molecule has 1 aromatic carbocycles. The van der Waals surface area contributed by atoms with Crippen LogP contribution in [0.25, 0.3) is 0 Å². The third kappa shape index (κ3) is 4.18. The summed E-state index contributed by atoms with van der Waals surface area (Å²) < 4.78 is 41.7. The highest BCUT2D eigenvalue weighted by molar-refractivity contribution is 6.00. The number of aryl methyl sites for hydroxylation is 2. The van der Waals surface area contributed by atoms with Crippen molar-refractivity contribution in [1.29, 1.82) is 0 Å². The van der Waals surface area contributed by atoms with Crippen LogP contribution in [0.3, 0.4) is 0 Å². The maximum Gasteiger partial charge on any atom is 0.424 e. The molecule has 2 N–H and O–H groups in total. The van der Waals surface area contributed by atoms with E-state index < -0.39 is 42.4 Å². The SMILES string of the molecule is Cc1ccc(N2CC(C(=O)NCCC(O)(c3nccn3C)C(F)(F)F)CC2=O)cc1. The van der Waals surface area contributed by atoms with Crippen molar-refractivity contribution in [2.75, 3.05) is 18.0 Å². The van der Waals surface area contributed by atoms with E-state index in [4.69, 9.17) is 0 Å². The number of anilines is 1. The lowest BCUT2D eigenvalue weighted by Gasteiger charge is -2.30. The lowest BCUT2D eigenvalue weighted by atomic mass is 9.97. The Labute approximate surface area is 171 Å². The molecule has 0 aliphatic carbocycles. The summed E-state index contributed by atoms with van der Waals surface area (Å²) in [6, 6.07) is 7.27. The molecule has 2 amide bonds. The summed E-state index contributed by atoms with van der Waals surface area (Å²) in [7, 11) is 1.35. The number of alkyl halides is 3. The van der Waals surface area contributed by atoms with E-state index in [1.165, 1.54) is 18.1 Å². The van der Waals surface area contributed by atoms with Crippen LogP contribution in [0.1, 0.15) is 24.2 Å². The number of rotatable bonds is 6. The molecule has 2 aromatic rings. The van der Waals surface area contributed by atoms with Crippen LogP contribution in [0.4, 0.5) is 18.9 Å². The van der Waals surface area contributed by atoms with Crippen molar-refractivity contribution in [3.05, 3.63) is 48.0 Å². The number of amides is 2. The van der Waals surface area contributed by atoms with Gasteiger partial charge in [-0.1, -0.05) is 17.7 Å². The van der Waals surface area contributed by atoms with Gasteiger partial charge in [0.1, 0.15) is 5.82 Å². The molecular weight excluding hydrogens is 401 g/mol. The lowest BCUT2D eigenvalue weighted by Crippen LogP contribution is -2.47. The van der Waals surface area contributed by atoms with Crippen LogP contribution in [0.15, 0.2) is 36.7 Å². The Kier molecular flexibility index (Phi) is 5.89. The van der Waals surface area contributed by atoms with E-state index in [1.807, 2.05) is 19.1 Å². The first kappa shape index (κ1) is 21.8. The predicted octanol–water partition coefficient (Wildman–Crippen LogP) is 2.04. The molecule has 162 valence electrons. The fraction of sp³-hybridized carbons (Fsp3) is 0.450. The van der Waals surface area contributed by atoms with Gasteiger partial charge >= 0.3 is 6.18 Å². The molecule has 1 saturated heterocycles. The number of hydrogen-bond donors (Lipinski definition) is 2. The number of benzene rings is 1. The molecule has 7 nitrogen and oxygen atoms in total. The van der Waals surface area contributed by atoms with E-state index in [1.54, 1.807) is 12.1 Å². The van der Waals surface area contributed by atoms with Crippen LogP contribution < -0.4 is 10.2 Å². The van der Waals surface area contributed by atoms with Gasteiger partial charge in [0.05, 0.1) is 5.92 Å². The first-order chi connectivity index (χ1) is 14.0. The van der Waals surface area contributed by atoms with Crippen LogP contribution in [-0.2, 0) is 22.2 Å². The summed E-state index contributed by atoms with van der Waals surface area (Å²) >= 11 is 0. The minimum atomic E-state index is -4.97. The van der Waals surface area contributed by atoms with Crippen LogP contribution >= 0.6 is 0 Å². The largest absolute Gasteiger partial charge is 0.424 e. The Morgan fingerprint density at radius 2 is 1.97 bits per heavy atom. The molecular formula is C20H23F3N4O3. The summed E-state index contributed by atoms with van der Waals surface area (Å²) in [6.45, 7) is 1.65. The van der Waals surface area contributed by atoms with Crippen molar-refractivity contribution in [1.82, 2.24) is 14.9 Å². The number of aromatic nitrogens is 2. The van der Waals surface area contributed by atoms with E-state index in [0.29, 0.717) is 5.69 Å². The van der Waals surface area contributed by atoms with Gasteiger partial charge < -0.3 is 19.9 Å². The number of carbonyl (C=O) groups excluding carboxylic acids is 2. The summed E-state index contributed by atoms with van der Waals surface area (Å²) in [5.74, 6) is -1.97. The summed E-state index contributed by atoms with van der Waals surface area (Å²) in [5, 5.41) is 12.7. The van der Waals surface area contributed by atoms with Crippen molar-refractivity contribution >= 4 is 17.5 Å². The molecule has 0 bridgehead atoms. The van der Waals surface area contributed by atoms with Gasteiger partial charge in [0, 0.05) is 51.1 Å². The zero-order valence-corrected chi connectivity index (χ0v) is 16.6. The van der Waals surface area contributed by atoms with Gasteiger partial charge in [-0.15, -0.1) is 0 Å². The molecule has 2 unspecified atom stereocenters. The van der Waals surface area contributed by atoms with Gasteiger partial charge in [-0.3, -0.25) is 9.59 Å². The van der Waals surface area contributed by atoms with Gasteiger partial charge in [-0.2, -0.15) is 13.2 Å². The first-order valence-electron chi connectivity index (χ1n) is 9.44. The molecule has 0 spiro atoms. The summed E-state index contributed by atoms with van der Waals surface area (Å²) in [4.78, 5) is 29.8. The Balaban J connectivity index is 1.62.